The lowest BCUT2D eigenvalue weighted by Gasteiger charge is -2.27. The Labute approximate surface area is 87.9 Å². The number of halogens is 1. The second-order valence-corrected chi connectivity index (χ2v) is 4.47. The summed E-state index contributed by atoms with van der Waals surface area (Å²) >= 11 is 3.51. The van der Waals surface area contributed by atoms with Crippen LogP contribution in [0.1, 0.15) is 13.3 Å². The van der Waals surface area contributed by atoms with E-state index in [0.29, 0.717) is 12.0 Å². The first-order valence-electron chi connectivity index (χ1n) is 4.81. The molecule has 0 radical (unpaired) electrons. The molecule has 2 aliphatic rings. The van der Waals surface area contributed by atoms with Gasteiger partial charge in [-0.1, -0.05) is 47.2 Å². The molecule has 0 bridgehead atoms. The molecule has 0 aromatic carbocycles. The van der Waals surface area contributed by atoms with E-state index in [1.54, 1.807) is 0 Å². The number of hydrogen-bond acceptors (Lipinski definition) is 1. The molecule has 1 aliphatic carbocycles. The van der Waals surface area contributed by atoms with Crippen LogP contribution in [0.3, 0.4) is 0 Å². The number of nitrogens with zero attached hydrogens (tertiary/aromatic N) is 1. The molecule has 0 aromatic heterocycles. The number of rotatable bonds is 2. The largest absolute Gasteiger partial charge is 0.370 e. The molecule has 1 aliphatic heterocycles. The summed E-state index contributed by atoms with van der Waals surface area (Å²) in [6.45, 7) is 3.38. The van der Waals surface area contributed by atoms with Gasteiger partial charge in [0.05, 0.1) is 6.04 Å². The third-order valence-corrected chi connectivity index (χ3v) is 3.09. The Kier molecular flexibility index (Phi) is 2.58. The van der Waals surface area contributed by atoms with Crippen molar-refractivity contribution in [3.8, 4) is 0 Å². The molecule has 2 rings (SSSR count). The van der Waals surface area contributed by atoms with E-state index in [1.165, 1.54) is 10.9 Å². The molecule has 2 unspecified atom stereocenters. The summed E-state index contributed by atoms with van der Waals surface area (Å²) < 4.78 is 1.21. The molecule has 2 heteroatoms. The molecule has 0 aromatic rings. The molecular formula is C11H14BrN. The zero-order chi connectivity index (χ0) is 9.26. The van der Waals surface area contributed by atoms with E-state index in [4.69, 9.17) is 0 Å². The fourth-order valence-electron chi connectivity index (χ4n) is 1.95. The van der Waals surface area contributed by atoms with Crippen molar-refractivity contribution in [1.29, 1.82) is 0 Å². The van der Waals surface area contributed by atoms with Crippen LogP contribution in [0.2, 0.25) is 0 Å². The molecule has 0 saturated carbocycles. The molecule has 13 heavy (non-hydrogen) atoms. The van der Waals surface area contributed by atoms with E-state index in [9.17, 15) is 0 Å². The van der Waals surface area contributed by atoms with E-state index in [0.717, 1.165) is 6.54 Å². The van der Waals surface area contributed by atoms with Crippen molar-refractivity contribution in [2.45, 2.75) is 19.4 Å². The Morgan fingerprint density at radius 2 is 2.31 bits per heavy atom. The fraction of sp³-hybridized carbons (Fsp3) is 0.455. The van der Waals surface area contributed by atoms with Crippen LogP contribution < -0.4 is 0 Å². The average molecular weight is 240 g/mol. The van der Waals surface area contributed by atoms with Crippen LogP contribution in [0, 0.1) is 5.92 Å². The minimum Gasteiger partial charge on any atom is -0.370 e. The molecule has 1 nitrogen and oxygen atoms in total. The number of hydrogen-bond donors (Lipinski definition) is 0. The SMILES string of the molecule is CCCN1C=CC2C=C(Br)C=CC21. The summed E-state index contributed by atoms with van der Waals surface area (Å²) in [4.78, 5) is 2.41. The Morgan fingerprint density at radius 1 is 1.46 bits per heavy atom. The topological polar surface area (TPSA) is 3.24 Å². The van der Waals surface area contributed by atoms with Gasteiger partial charge in [-0.25, -0.2) is 0 Å². The summed E-state index contributed by atoms with van der Waals surface area (Å²) in [5.41, 5.74) is 0. The second-order valence-electron chi connectivity index (χ2n) is 3.56. The standard InChI is InChI=1S/C11H14BrN/c1-2-6-13-7-5-9-8-10(12)3-4-11(9)13/h3-5,7-9,11H,2,6H2,1H3. The van der Waals surface area contributed by atoms with Crippen LogP contribution in [0.4, 0.5) is 0 Å². The maximum atomic E-state index is 3.51. The van der Waals surface area contributed by atoms with Crippen molar-refractivity contribution in [2.75, 3.05) is 6.54 Å². The van der Waals surface area contributed by atoms with Crippen molar-refractivity contribution in [1.82, 2.24) is 4.90 Å². The minimum atomic E-state index is 0.571. The monoisotopic (exact) mass is 239 g/mol. The van der Waals surface area contributed by atoms with Gasteiger partial charge in [-0.3, -0.25) is 0 Å². The van der Waals surface area contributed by atoms with Gasteiger partial charge in [-0.2, -0.15) is 0 Å². The summed E-state index contributed by atoms with van der Waals surface area (Å²) in [5, 5.41) is 0. The highest BCUT2D eigenvalue weighted by Crippen LogP contribution is 2.30. The van der Waals surface area contributed by atoms with Crippen LogP contribution in [-0.2, 0) is 0 Å². The first-order chi connectivity index (χ1) is 6.31. The summed E-state index contributed by atoms with van der Waals surface area (Å²) in [5.74, 6) is 0.575. The van der Waals surface area contributed by atoms with Crippen molar-refractivity contribution in [2.24, 2.45) is 5.92 Å². The van der Waals surface area contributed by atoms with Gasteiger partial charge in [0.2, 0.25) is 0 Å². The predicted octanol–water partition coefficient (Wildman–Crippen LogP) is 3.06. The average Bonchev–Trinajstić information content (AvgIpc) is 2.49. The summed E-state index contributed by atoms with van der Waals surface area (Å²) in [6.07, 6.45) is 12.4. The lowest BCUT2D eigenvalue weighted by molar-refractivity contribution is 0.318. The fourth-order valence-corrected chi connectivity index (χ4v) is 2.41. The number of allylic oxidation sites excluding steroid dienone is 2. The van der Waals surface area contributed by atoms with Crippen molar-refractivity contribution >= 4 is 15.9 Å². The smallest absolute Gasteiger partial charge is 0.0569 e. The van der Waals surface area contributed by atoms with Gasteiger partial charge in [0, 0.05) is 16.9 Å². The summed E-state index contributed by atoms with van der Waals surface area (Å²) in [6, 6.07) is 0.571. The minimum absolute atomic E-state index is 0.571. The molecule has 2 atom stereocenters. The molecule has 1 heterocycles. The van der Waals surface area contributed by atoms with Crippen molar-refractivity contribution in [3.05, 3.63) is 35.0 Å². The zero-order valence-electron chi connectivity index (χ0n) is 7.78. The molecule has 0 spiro atoms. The third-order valence-electron chi connectivity index (χ3n) is 2.56. The van der Waals surface area contributed by atoms with Gasteiger partial charge >= 0.3 is 0 Å². The first kappa shape index (κ1) is 9.07. The number of fused-ring (bicyclic) bond motifs is 1. The Bertz CT molecular complexity index is 278. The molecule has 0 saturated heterocycles. The van der Waals surface area contributed by atoms with Gasteiger partial charge < -0.3 is 4.90 Å². The molecule has 0 amide bonds. The normalized spacial score (nSPS) is 30.6. The highest BCUT2D eigenvalue weighted by atomic mass is 79.9. The van der Waals surface area contributed by atoms with E-state index in [-0.39, 0.29) is 0 Å². The molecule has 0 fully saturated rings. The van der Waals surface area contributed by atoms with Crippen LogP contribution in [0.5, 0.6) is 0 Å². The van der Waals surface area contributed by atoms with E-state index in [2.05, 4.69) is 58.3 Å². The van der Waals surface area contributed by atoms with E-state index in [1.807, 2.05) is 0 Å². The zero-order valence-corrected chi connectivity index (χ0v) is 9.37. The quantitative estimate of drug-likeness (QED) is 0.717. The highest BCUT2D eigenvalue weighted by molar-refractivity contribution is 9.11. The third kappa shape index (κ3) is 1.73. The van der Waals surface area contributed by atoms with Crippen LogP contribution >= 0.6 is 15.9 Å². The van der Waals surface area contributed by atoms with Gasteiger partial charge in [0.15, 0.2) is 0 Å². The first-order valence-corrected chi connectivity index (χ1v) is 5.60. The lowest BCUT2D eigenvalue weighted by atomic mass is 9.97. The molecular weight excluding hydrogens is 226 g/mol. The van der Waals surface area contributed by atoms with Crippen molar-refractivity contribution < 1.29 is 0 Å². The second kappa shape index (κ2) is 3.70. The van der Waals surface area contributed by atoms with Gasteiger partial charge in [-0.05, 0) is 12.6 Å². The van der Waals surface area contributed by atoms with Crippen LogP contribution in [0.25, 0.3) is 0 Å². The van der Waals surface area contributed by atoms with Crippen molar-refractivity contribution in [3.63, 3.8) is 0 Å². The summed E-state index contributed by atoms with van der Waals surface area (Å²) in [7, 11) is 0. The van der Waals surface area contributed by atoms with Gasteiger partial charge in [-0.15, -0.1) is 0 Å². The van der Waals surface area contributed by atoms with Crippen LogP contribution in [0.15, 0.2) is 35.0 Å². The Balaban J connectivity index is 2.10. The lowest BCUT2D eigenvalue weighted by Crippen LogP contribution is -2.31. The van der Waals surface area contributed by atoms with Gasteiger partial charge in [0.25, 0.3) is 0 Å². The van der Waals surface area contributed by atoms with Gasteiger partial charge in [0.1, 0.15) is 0 Å². The Morgan fingerprint density at radius 3 is 3.08 bits per heavy atom. The van der Waals surface area contributed by atoms with E-state index < -0.39 is 0 Å². The predicted molar refractivity (Wildman–Crippen MR) is 59.6 cm³/mol. The maximum Gasteiger partial charge on any atom is 0.0569 e. The van der Waals surface area contributed by atoms with Crippen LogP contribution in [-0.4, -0.2) is 17.5 Å². The Hall–Kier alpha value is -0.500. The molecule has 0 N–H and O–H groups in total. The molecule has 70 valence electrons. The van der Waals surface area contributed by atoms with E-state index >= 15 is 0 Å². The highest BCUT2D eigenvalue weighted by Gasteiger charge is 2.26. The maximum absolute atomic E-state index is 3.51.